The van der Waals surface area contributed by atoms with Crippen molar-refractivity contribution in [3.05, 3.63) is 35.0 Å². The Morgan fingerprint density at radius 3 is 2.73 bits per heavy atom. The second kappa shape index (κ2) is 4.09. The number of aromatic nitrogens is 1. The number of aromatic amines is 1. The molecule has 1 aliphatic rings. The van der Waals surface area contributed by atoms with Crippen molar-refractivity contribution in [1.82, 2.24) is 4.98 Å². The zero-order valence-corrected chi connectivity index (χ0v) is 9.85. The van der Waals surface area contributed by atoms with Gasteiger partial charge in [-0.05, 0) is 48.8 Å². The van der Waals surface area contributed by atoms with E-state index in [0.717, 1.165) is 0 Å². The molecular weight excluding hydrogens is 182 g/mol. The van der Waals surface area contributed by atoms with Gasteiger partial charge < -0.3 is 4.98 Å². The average Bonchev–Trinajstić information content (AvgIpc) is 2.84. The predicted molar refractivity (Wildman–Crippen MR) is 66.4 cm³/mol. The molecule has 1 heterocycles. The molecule has 0 saturated heterocycles. The average molecular weight is 201 g/mol. The third-order valence-corrected chi connectivity index (χ3v) is 3.01. The molecule has 0 bridgehead atoms. The van der Waals surface area contributed by atoms with E-state index in [2.05, 4.69) is 30.1 Å². The molecule has 1 aromatic carbocycles. The maximum Gasteiger partial charge on any atom is 0.0491 e. The fourth-order valence-electron chi connectivity index (χ4n) is 2.42. The minimum atomic E-state index is 1.26. The van der Waals surface area contributed by atoms with Gasteiger partial charge in [0.2, 0.25) is 0 Å². The lowest BCUT2D eigenvalue weighted by molar-refractivity contribution is 0.912. The molecule has 80 valence electrons. The Hall–Kier alpha value is -1.24. The van der Waals surface area contributed by atoms with Crippen LogP contribution in [-0.2, 0) is 12.8 Å². The summed E-state index contributed by atoms with van der Waals surface area (Å²) in [7, 11) is 0. The predicted octanol–water partition coefficient (Wildman–Crippen LogP) is 3.99. The minimum absolute atomic E-state index is 1.26. The van der Waals surface area contributed by atoms with Crippen molar-refractivity contribution in [2.75, 3.05) is 0 Å². The molecule has 0 aliphatic heterocycles. The highest BCUT2D eigenvalue weighted by molar-refractivity contribution is 5.85. The molecule has 2 aromatic rings. The fraction of sp³-hybridized carbons (Fsp3) is 0.429. The number of hydrogen-bond donors (Lipinski definition) is 1. The summed E-state index contributed by atoms with van der Waals surface area (Å²) in [5.74, 6) is 0. The Bertz CT molecular complexity index is 465. The van der Waals surface area contributed by atoms with E-state index >= 15 is 0 Å². The van der Waals surface area contributed by atoms with Crippen molar-refractivity contribution in [3.8, 4) is 0 Å². The Morgan fingerprint density at radius 1 is 1.13 bits per heavy atom. The van der Waals surface area contributed by atoms with Crippen LogP contribution in [0.3, 0.4) is 0 Å². The second-order valence-corrected chi connectivity index (χ2v) is 3.97. The SMILES string of the molecule is CC.Cc1cc2ccc3c(c2[nH]1)CCC3. The van der Waals surface area contributed by atoms with Gasteiger partial charge in [-0.3, -0.25) is 0 Å². The first-order chi connectivity index (χ1) is 7.34. The van der Waals surface area contributed by atoms with Crippen LogP contribution in [-0.4, -0.2) is 4.98 Å². The highest BCUT2D eigenvalue weighted by Gasteiger charge is 2.14. The third-order valence-electron chi connectivity index (χ3n) is 3.01. The van der Waals surface area contributed by atoms with E-state index < -0.39 is 0 Å². The van der Waals surface area contributed by atoms with Gasteiger partial charge in [0.05, 0.1) is 0 Å². The van der Waals surface area contributed by atoms with Crippen LogP contribution in [0.25, 0.3) is 10.9 Å². The maximum absolute atomic E-state index is 3.46. The van der Waals surface area contributed by atoms with Crippen LogP contribution in [0, 0.1) is 6.92 Å². The molecule has 1 heteroatoms. The molecule has 3 rings (SSSR count). The Morgan fingerprint density at radius 2 is 1.93 bits per heavy atom. The molecular formula is C14H19N. The van der Waals surface area contributed by atoms with E-state index in [4.69, 9.17) is 0 Å². The van der Waals surface area contributed by atoms with E-state index in [1.54, 1.807) is 11.1 Å². The summed E-state index contributed by atoms with van der Waals surface area (Å²) in [6.07, 6.45) is 3.85. The fourth-order valence-corrected chi connectivity index (χ4v) is 2.42. The number of aryl methyl sites for hydroxylation is 3. The lowest BCUT2D eigenvalue weighted by Crippen LogP contribution is -1.83. The summed E-state index contributed by atoms with van der Waals surface area (Å²) < 4.78 is 0. The Labute approximate surface area is 91.5 Å². The largest absolute Gasteiger partial charge is 0.358 e. The van der Waals surface area contributed by atoms with Gasteiger partial charge in [0, 0.05) is 11.2 Å². The van der Waals surface area contributed by atoms with E-state index in [1.165, 1.54) is 35.9 Å². The van der Waals surface area contributed by atoms with Crippen LogP contribution in [0.1, 0.15) is 37.1 Å². The normalized spacial score (nSPS) is 13.5. The van der Waals surface area contributed by atoms with Crippen LogP contribution >= 0.6 is 0 Å². The van der Waals surface area contributed by atoms with Gasteiger partial charge in [-0.25, -0.2) is 0 Å². The van der Waals surface area contributed by atoms with E-state index in [1.807, 2.05) is 13.8 Å². The standard InChI is InChI=1S/C12H13N.C2H6/c1-8-7-10-6-5-9-3-2-4-11(9)12(10)13-8;1-2/h5-7,13H,2-4H2,1H3;1-2H3. The first-order valence-corrected chi connectivity index (χ1v) is 5.95. The molecule has 0 spiro atoms. The number of nitrogens with one attached hydrogen (secondary N) is 1. The van der Waals surface area contributed by atoms with Crippen molar-refractivity contribution < 1.29 is 0 Å². The molecule has 1 N–H and O–H groups in total. The van der Waals surface area contributed by atoms with Crippen LogP contribution < -0.4 is 0 Å². The molecule has 1 nitrogen and oxygen atoms in total. The summed E-state index contributed by atoms with van der Waals surface area (Å²) >= 11 is 0. The van der Waals surface area contributed by atoms with Gasteiger partial charge in [-0.1, -0.05) is 26.0 Å². The van der Waals surface area contributed by atoms with Crippen molar-refractivity contribution in [1.29, 1.82) is 0 Å². The minimum Gasteiger partial charge on any atom is -0.358 e. The summed E-state index contributed by atoms with van der Waals surface area (Å²) in [6, 6.07) is 6.76. The number of hydrogen-bond acceptors (Lipinski definition) is 0. The third kappa shape index (κ3) is 1.67. The molecule has 15 heavy (non-hydrogen) atoms. The topological polar surface area (TPSA) is 15.8 Å². The lowest BCUT2D eigenvalue weighted by atomic mass is 10.1. The lowest BCUT2D eigenvalue weighted by Gasteiger charge is -1.99. The summed E-state index contributed by atoms with van der Waals surface area (Å²) in [5.41, 5.74) is 5.77. The van der Waals surface area contributed by atoms with Crippen LogP contribution in [0.2, 0.25) is 0 Å². The summed E-state index contributed by atoms with van der Waals surface area (Å²) in [5, 5.41) is 1.37. The summed E-state index contributed by atoms with van der Waals surface area (Å²) in [4.78, 5) is 3.46. The van der Waals surface area contributed by atoms with Crippen LogP contribution in [0.15, 0.2) is 18.2 Å². The first kappa shape index (κ1) is 10.3. The number of fused-ring (bicyclic) bond motifs is 3. The molecule has 0 unspecified atom stereocenters. The van der Waals surface area contributed by atoms with Crippen molar-refractivity contribution >= 4 is 10.9 Å². The monoisotopic (exact) mass is 201 g/mol. The zero-order valence-electron chi connectivity index (χ0n) is 9.85. The maximum atomic E-state index is 3.46. The highest BCUT2D eigenvalue weighted by Crippen LogP contribution is 2.29. The van der Waals surface area contributed by atoms with Gasteiger partial charge in [0.25, 0.3) is 0 Å². The van der Waals surface area contributed by atoms with Gasteiger partial charge in [0.15, 0.2) is 0 Å². The van der Waals surface area contributed by atoms with Crippen LogP contribution in [0.4, 0.5) is 0 Å². The molecule has 0 fully saturated rings. The molecule has 1 aromatic heterocycles. The number of H-pyrrole nitrogens is 1. The van der Waals surface area contributed by atoms with Gasteiger partial charge in [0.1, 0.15) is 0 Å². The molecule has 0 saturated carbocycles. The quantitative estimate of drug-likeness (QED) is 0.663. The first-order valence-electron chi connectivity index (χ1n) is 5.95. The van der Waals surface area contributed by atoms with E-state index in [-0.39, 0.29) is 0 Å². The molecule has 1 aliphatic carbocycles. The molecule has 0 radical (unpaired) electrons. The molecule has 0 amide bonds. The highest BCUT2D eigenvalue weighted by atomic mass is 14.7. The van der Waals surface area contributed by atoms with Crippen molar-refractivity contribution in [3.63, 3.8) is 0 Å². The van der Waals surface area contributed by atoms with E-state index in [9.17, 15) is 0 Å². The summed E-state index contributed by atoms with van der Waals surface area (Å²) in [6.45, 7) is 6.13. The van der Waals surface area contributed by atoms with E-state index in [0.29, 0.717) is 0 Å². The van der Waals surface area contributed by atoms with Crippen LogP contribution in [0.5, 0.6) is 0 Å². The Balaban J connectivity index is 0.000000404. The number of rotatable bonds is 0. The van der Waals surface area contributed by atoms with Gasteiger partial charge in [-0.2, -0.15) is 0 Å². The zero-order chi connectivity index (χ0) is 10.8. The van der Waals surface area contributed by atoms with Crippen molar-refractivity contribution in [2.45, 2.75) is 40.0 Å². The van der Waals surface area contributed by atoms with Crippen molar-refractivity contribution in [2.24, 2.45) is 0 Å². The Kier molecular flexibility index (Phi) is 2.81. The molecule has 0 atom stereocenters. The smallest absolute Gasteiger partial charge is 0.0491 e. The van der Waals surface area contributed by atoms with Gasteiger partial charge in [-0.15, -0.1) is 0 Å². The van der Waals surface area contributed by atoms with Gasteiger partial charge >= 0.3 is 0 Å². The second-order valence-electron chi connectivity index (χ2n) is 3.97. The number of benzene rings is 1.